The van der Waals surface area contributed by atoms with Gasteiger partial charge in [-0.15, -0.1) is 0 Å². The molecule has 0 radical (unpaired) electrons. The number of carbonyl (C=O) groups excluding carboxylic acids is 1. The number of benzene rings is 1. The number of rotatable bonds is 7. The van der Waals surface area contributed by atoms with Crippen LogP contribution in [0.3, 0.4) is 0 Å². The zero-order chi connectivity index (χ0) is 13.4. The Morgan fingerprint density at radius 3 is 2.56 bits per heavy atom. The summed E-state index contributed by atoms with van der Waals surface area (Å²) in [5.41, 5.74) is 0.792. The number of halogens is 1. The minimum atomic E-state index is 0.215. The van der Waals surface area contributed by atoms with E-state index in [1.807, 2.05) is 44.6 Å². The molecule has 98 valence electrons. The van der Waals surface area contributed by atoms with Crippen molar-refractivity contribution in [2.75, 3.05) is 14.1 Å². The molecule has 0 amide bonds. The van der Waals surface area contributed by atoms with Crippen molar-refractivity contribution in [3.8, 4) is 0 Å². The van der Waals surface area contributed by atoms with Gasteiger partial charge in [0.25, 0.3) is 0 Å². The van der Waals surface area contributed by atoms with Gasteiger partial charge in [0.15, 0.2) is 5.78 Å². The van der Waals surface area contributed by atoms with Crippen molar-refractivity contribution in [2.45, 2.75) is 25.7 Å². The Morgan fingerprint density at radius 1 is 1.28 bits per heavy atom. The van der Waals surface area contributed by atoms with Crippen molar-refractivity contribution >= 4 is 27.9 Å². The van der Waals surface area contributed by atoms with E-state index in [9.17, 15) is 4.79 Å². The van der Waals surface area contributed by atoms with Crippen LogP contribution in [0.4, 0.5) is 0 Å². The lowest BCUT2D eigenvalue weighted by Gasteiger charge is -2.02. The minimum absolute atomic E-state index is 0.215. The quantitative estimate of drug-likeness (QED) is 0.332. The number of ketones is 1. The van der Waals surface area contributed by atoms with Gasteiger partial charge in [-0.1, -0.05) is 28.1 Å². The highest BCUT2D eigenvalue weighted by Crippen LogP contribution is 2.13. The lowest BCUT2D eigenvalue weighted by molar-refractivity contribution is 0.0979. The first kappa shape index (κ1) is 14.9. The van der Waals surface area contributed by atoms with Crippen LogP contribution in [0.1, 0.15) is 36.0 Å². The maximum Gasteiger partial charge on any atom is 0.162 e. The lowest BCUT2D eigenvalue weighted by Crippen LogP contribution is -2.01. The molecule has 0 fully saturated rings. The SMILES string of the molecule is CN(C)/N=C/CCCCC(=O)c1ccc(Br)cc1. The molecule has 0 spiro atoms. The lowest BCUT2D eigenvalue weighted by atomic mass is 10.1. The highest BCUT2D eigenvalue weighted by Gasteiger charge is 2.04. The van der Waals surface area contributed by atoms with Crippen LogP contribution in [-0.2, 0) is 0 Å². The van der Waals surface area contributed by atoms with E-state index in [2.05, 4.69) is 21.0 Å². The topological polar surface area (TPSA) is 32.7 Å². The Balaban J connectivity index is 2.23. The van der Waals surface area contributed by atoms with Gasteiger partial charge in [-0.05, 0) is 31.4 Å². The molecule has 0 aliphatic heterocycles. The number of hydrazone groups is 1. The van der Waals surface area contributed by atoms with E-state index < -0.39 is 0 Å². The van der Waals surface area contributed by atoms with E-state index >= 15 is 0 Å². The molecule has 18 heavy (non-hydrogen) atoms. The van der Waals surface area contributed by atoms with E-state index in [0.29, 0.717) is 6.42 Å². The second kappa shape index (κ2) is 8.03. The monoisotopic (exact) mass is 310 g/mol. The van der Waals surface area contributed by atoms with Gasteiger partial charge in [0.2, 0.25) is 0 Å². The standard InChI is InChI=1S/C14H19BrN2O/c1-17(2)16-11-5-3-4-6-14(18)12-7-9-13(15)10-8-12/h7-11H,3-6H2,1-2H3/b16-11+. The molecule has 0 aliphatic rings. The molecule has 1 rings (SSSR count). The van der Waals surface area contributed by atoms with E-state index in [0.717, 1.165) is 29.3 Å². The first-order chi connectivity index (χ1) is 8.59. The summed E-state index contributed by atoms with van der Waals surface area (Å²) < 4.78 is 0.999. The van der Waals surface area contributed by atoms with Crippen LogP contribution in [0.2, 0.25) is 0 Å². The highest BCUT2D eigenvalue weighted by atomic mass is 79.9. The molecule has 4 heteroatoms. The van der Waals surface area contributed by atoms with Gasteiger partial charge in [0.05, 0.1) is 0 Å². The second-order valence-corrected chi connectivity index (χ2v) is 5.24. The fraction of sp³-hybridized carbons (Fsp3) is 0.429. The van der Waals surface area contributed by atoms with Gasteiger partial charge in [-0.2, -0.15) is 5.10 Å². The van der Waals surface area contributed by atoms with Gasteiger partial charge in [0, 0.05) is 36.8 Å². The molecular weight excluding hydrogens is 292 g/mol. The van der Waals surface area contributed by atoms with Gasteiger partial charge in [-0.25, -0.2) is 0 Å². The predicted octanol–water partition coefficient (Wildman–Crippen LogP) is 3.74. The van der Waals surface area contributed by atoms with Crippen LogP contribution in [0, 0.1) is 0 Å². The molecule has 0 saturated carbocycles. The number of hydrogen-bond donors (Lipinski definition) is 0. The Morgan fingerprint density at radius 2 is 1.94 bits per heavy atom. The van der Waals surface area contributed by atoms with Crippen molar-refractivity contribution in [3.05, 3.63) is 34.3 Å². The second-order valence-electron chi connectivity index (χ2n) is 4.32. The minimum Gasteiger partial charge on any atom is -0.303 e. The first-order valence-corrected chi connectivity index (χ1v) is 6.87. The Bertz CT molecular complexity index is 399. The average Bonchev–Trinajstić information content (AvgIpc) is 2.34. The third-order valence-corrected chi connectivity index (χ3v) is 2.99. The number of hydrogen-bond acceptors (Lipinski definition) is 3. The van der Waals surface area contributed by atoms with Crippen LogP contribution in [0.5, 0.6) is 0 Å². The zero-order valence-corrected chi connectivity index (χ0v) is 12.5. The van der Waals surface area contributed by atoms with Gasteiger partial charge in [-0.3, -0.25) is 4.79 Å². The van der Waals surface area contributed by atoms with E-state index in [1.54, 1.807) is 5.01 Å². The summed E-state index contributed by atoms with van der Waals surface area (Å²) in [5, 5.41) is 5.90. The summed E-state index contributed by atoms with van der Waals surface area (Å²) >= 11 is 3.36. The molecular formula is C14H19BrN2O. The highest BCUT2D eigenvalue weighted by molar-refractivity contribution is 9.10. The summed E-state index contributed by atoms with van der Waals surface area (Å²) in [6.45, 7) is 0. The Kier molecular flexibility index (Phi) is 6.65. The normalized spacial score (nSPS) is 10.8. The van der Waals surface area contributed by atoms with Crippen molar-refractivity contribution in [2.24, 2.45) is 5.10 Å². The maximum absolute atomic E-state index is 11.8. The van der Waals surface area contributed by atoms with Crippen molar-refractivity contribution in [3.63, 3.8) is 0 Å². The molecule has 3 nitrogen and oxygen atoms in total. The third-order valence-electron chi connectivity index (χ3n) is 2.47. The molecule has 0 unspecified atom stereocenters. The fourth-order valence-corrected chi connectivity index (χ4v) is 1.79. The molecule has 0 heterocycles. The molecule has 1 aromatic carbocycles. The van der Waals surface area contributed by atoms with Crippen LogP contribution >= 0.6 is 15.9 Å². The van der Waals surface area contributed by atoms with Crippen molar-refractivity contribution < 1.29 is 4.79 Å². The van der Waals surface area contributed by atoms with Crippen LogP contribution < -0.4 is 0 Å². The number of Topliss-reactive ketones (excluding diaryl/α,β-unsaturated/α-hetero) is 1. The Hall–Kier alpha value is -1.16. The summed E-state index contributed by atoms with van der Waals surface area (Å²) in [6.07, 6.45) is 5.33. The number of unbranched alkanes of at least 4 members (excludes halogenated alkanes) is 2. The summed E-state index contributed by atoms with van der Waals surface area (Å²) in [4.78, 5) is 11.8. The molecule has 1 aromatic rings. The van der Waals surface area contributed by atoms with Gasteiger partial charge >= 0.3 is 0 Å². The molecule has 0 aliphatic carbocycles. The van der Waals surface area contributed by atoms with Crippen molar-refractivity contribution in [1.82, 2.24) is 5.01 Å². The van der Waals surface area contributed by atoms with Crippen LogP contribution in [0.15, 0.2) is 33.8 Å². The van der Waals surface area contributed by atoms with Gasteiger partial charge < -0.3 is 5.01 Å². The Labute approximate surface area is 117 Å². The molecule has 0 saturated heterocycles. The fourth-order valence-electron chi connectivity index (χ4n) is 1.52. The zero-order valence-electron chi connectivity index (χ0n) is 10.9. The van der Waals surface area contributed by atoms with Crippen molar-refractivity contribution in [1.29, 1.82) is 0 Å². The summed E-state index contributed by atoms with van der Waals surface area (Å²) in [6, 6.07) is 7.52. The van der Waals surface area contributed by atoms with Gasteiger partial charge in [0.1, 0.15) is 0 Å². The molecule has 0 atom stereocenters. The van der Waals surface area contributed by atoms with E-state index in [-0.39, 0.29) is 5.78 Å². The van der Waals surface area contributed by atoms with Crippen LogP contribution in [-0.4, -0.2) is 31.1 Å². The number of carbonyl (C=O) groups is 1. The predicted molar refractivity (Wildman–Crippen MR) is 79.1 cm³/mol. The average molecular weight is 311 g/mol. The van der Waals surface area contributed by atoms with Crippen LogP contribution in [0.25, 0.3) is 0 Å². The molecule has 0 bridgehead atoms. The van der Waals surface area contributed by atoms with E-state index in [4.69, 9.17) is 0 Å². The van der Waals surface area contributed by atoms with E-state index in [1.165, 1.54) is 0 Å². The number of nitrogens with zero attached hydrogens (tertiary/aromatic N) is 2. The maximum atomic E-state index is 11.8. The third kappa shape index (κ3) is 5.96. The smallest absolute Gasteiger partial charge is 0.162 e. The summed E-state index contributed by atoms with van der Waals surface area (Å²) in [7, 11) is 3.79. The first-order valence-electron chi connectivity index (χ1n) is 6.08. The largest absolute Gasteiger partial charge is 0.303 e. The summed E-state index contributed by atoms with van der Waals surface area (Å²) in [5.74, 6) is 0.215. The molecule has 0 aromatic heterocycles. The molecule has 0 N–H and O–H groups in total.